The van der Waals surface area contributed by atoms with E-state index >= 15 is 0 Å². The first-order valence-electron chi connectivity index (χ1n) is 6.64. The topological polar surface area (TPSA) is 41.7 Å². The van der Waals surface area contributed by atoms with Crippen LogP contribution in [0.3, 0.4) is 0 Å². The van der Waals surface area contributed by atoms with Crippen LogP contribution in [0.5, 0.6) is 0 Å². The lowest BCUT2D eigenvalue weighted by Crippen LogP contribution is -2.43. The third-order valence-electron chi connectivity index (χ3n) is 3.72. The van der Waals surface area contributed by atoms with Crippen LogP contribution in [0.4, 0.5) is 0 Å². The van der Waals surface area contributed by atoms with Crippen LogP contribution in [-0.2, 0) is 4.74 Å². The molecular weight excluding hydrogens is 202 g/mol. The minimum Gasteiger partial charge on any atom is -0.380 e. The SMILES string of the molecule is NCCN1CCCN(C2CCCOC2)CC1. The molecule has 0 radical (unpaired) electrons. The normalized spacial score (nSPS) is 30.2. The Hall–Kier alpha value is -0.160. The highest BCUT2D eigenvalue weighted by molar-refractivity contribution is 4.78. The second kappa shape index (κ2) is 6.55. The largest absolute Gasteiger partial charge is 0.380 e. The van der Waals surface area contributed by atoms with Crippen molar-refractivity contribution >= 4 is 0 Å². The van der Waals surface area contributed by atoms with Crippen molar-refractivity contribution in [2.24, 2.45) is 5.73 Å². The van der Waals surface area contributed by atoms with Gasteiger partial charge < -0.3 is 15.4 Å². The smallest absolute Gasteiger partial charge is 0.0621 e. The lowest BCUT2D eigenvalue weighted by molar-refractivity contribution is 0.0193. The number of nitrogens with zero attached hydrogens (tertiary/aromatic N) is 2. The monoisotopic (exact) mass is 227 g/mol. The molecule has 1 unspecified atom stereocenters. The Morgan fingerprint density at radius 1 is 1.12 bits per heavy atom. The van der Waals surface area contributed by atoms with Gasteiger partial charge in [-0.1, -0.05) is 0 Å². The summed E-state index contributed by atoms with van der Waals surface area (Å²) in [5, 5.41) is 0. The van der Waals surface area contributed by atoms with Gasteiger partial charge in [-0.15, -0.1) is 0 Å². The van der Waals surface area contributed by atoms with E-state index in [1.165, 1.54) is 45.4 Å². The van der Waals surface area contributed by atoms with Gasteiger partial charge in [0, 0.05) is 38.8 Å². The summed E-state index contributed by atoms with van der Waals surface area (Å²) in [6, 6.07) is 0.673. The first-order chi connectivity index (χ1) is 7.90. The van der Waals surface area contributed by atoms with Gasteiger partial charge in [0.15, 0.2) is 0 Å². The van der Waals surface area contributed by atoms with E-state index in [2.05, 4.69) is 9.80 Å². The highest BCUT2D eigenvalue weighted by atomic mass is 16.5. The Labute approximate surface area is 98.7 Å². The molecule has 4 heteroatoms. The number of hydrogen-bond acceptors (Lipinski definition) is 4. The molecular formula is C12H25N3O. The Balaban J connectivity index is 1.78. The van der Waals surface area contributed by atoms with Crippen molar-refractivity contribution in [3.8, 4) is 0 Å². The van der Waals surface area contributed by atoms with E-state index in [1.54, 1.807) is 0 Å². The molecule has 0 aromatic rings. The highest BCUT2D eigenvalue weighted by Crippen LogP contribution is 2.15. The summed E-state index contributed by atoms with van der Waals surface area (Å²) in [5.74, 6) is 0. The van der Waals surface area contributed by atoms with Crippen LogP contribution in [0, 0.1) is 0 Å². The molecule has 0 amide bonds. The standard InChI is InChI=1S/C12H25N3O/c13-4-7-14-5-2-6-15(9-8-14)12-3-1-10-16-11-12/h12H,1-11,13H2. The minimum absolute atomic E-state index is 0.673. The van der Waals surface area contributed by atoms with Crippen molar-refractivity contribution in [1.29, 1.82) is 0 Å². The van der Waals surface area contributed by atoms with Gasteiger partial charge in [0.2, 0.25) is 0 Å². The van der Waals surface area contributed by atoms with Gasteiger partial charge >= 0.3 is 0 Å². The molecule has 2 aliphatic heterocycles. The summed E-state index contributed by atoms with van der Waals surface area (Å²) >= 11 is 0. The van der Waals surface area contributed by atoms with E-state index < -0.39 is 0 Å². The van der Waals surface area contributed by atoms with Gasteiger partial charge in [0.25, 0.3) is 0 Å². The van der Waals surface area contributed by atoms with E-state index in [9.17, 15) is 0 Å². The summed E-state index contributed by atoms with van der Waals surface area (Å²) in [7, 11) is 0. The van der Waals surface area contributed by atoms with Crippen molar-refractivity contribution < 1.29 is 4.74 Å². The minimum atomic E-state index is 0.673. The average molecular weight is 227 g/mol. The van der Waals surface area contributed by atoms with E-state index in [0.29, 0.717) is 6.04 Å². The maximum absolute atomic E-state index is 5.61. The van der Waals surface area contributed by atoms with Gasteiger partial charge in [-0.25, -0.2) is 0 Å². The Kier molecular flexibility index (Phi) is 5.03. The zero-order chi connectivity index (χ0) is 11.2. The molecule has 2 saturated heterocycles. The molecule has 0 spiro atoms. The summed E-state index contributed by atoms with van der Waals surface area (Å²) in [6.45, 7) is 8.54. The third-order valence-corrected chi connectivity index (χ3v) is 3.72. The van der Waals surface area contributed by atoms with Crippen LogP contribution in [0.2, 0.25) is 0 Å². The maximum Gasteiger partial charge on any atom is 0.0621 e. The molecule has 2 fully saturated rings. The Morgan fingerprint density at radius 3 is 2.81 bits per heavy atom. The average Bonchev–Trinajstić information content (AvgIpc) is 2.57. The fraction of sp³-hybridized carbons (Fsp3) is 1.00. The molecule has 4 nitrogen and oxygen atoms in total. The molecule has 0 aromatic carbocycles. The van der Waals surface area contributed by atoms with E-state index in [-0.39, 0.29) is 0 Å². The highest BCUT2D eigenvalue weighted by Gasteiger charge is 2.23. The fourth-order valence-corrected chi connectivity index (χ4v) is 2.77. The van der Waals surface area contributed by atoms with E-state index in [4.69, 9.17) is 10.5 Å². The zero-order valence-electron chi connectivity index (χ0n) is 10.2. The molecule has 16 heavy (non-hydrogen) atoms. The van der Waals surface area contributed by atoms with Crippen LogP contribution < -0.4 is 5.73 Å². The quantitative estimate of drug-likeness (QED) is 0.744. The van der Waals surface area contributed by atoms with Crippen LogP contribution >= 0.6 is 0 Å². The van der Waals surface area contributed by atoms with Crippen LogP contribution in [-0.4, -0.2) is 68.3 Å². The van der Waals surface area contributed by atoms with E-state index in [1.807, 2.05) is 0 Å². The van der Waals surface area contributed by atoms with E-state index in [0.717, 1.165) is 26.3 Å². The molecule has 0 aromatic heterocycles. The Bertz CT molecular complexity index is 195. The second-order valence-corrected chi connectivity index (χ2v) is 4.89. The number of rotatable bonds is 3. The molecule has 2 rings (SSSR count). The van der Waals surface area contributed by atoms with Gasteiger partial charge in [-0.05, 0) is 32.4 Å². The molecule has 1 atom stereocenters. The van der Waals surface area contributed by atoms with Gasteiger partial charge in [-0.3, -0.25) is 4.90 Å². The summed E-state index contributed by atoms with van der Waals surface area (Å²) in [6.07, 6.45) is 3.82. The summed E-state index contributed by atoms with van der Waals surface area (Å²) in [4.78, 5) is 5.11. The van der Waals surface area contributed by atoms with Crippen LogP contribution in [0.25, 0.3) is 0 Å². The van der Waals surface area contributed by atoms with Crippen molar-refractivity contribution in [2.75, 3.05) is 52.5 Å². The van der Waals surface area contributed by atoms with Gasteiger partial charge in [-0.2, -0.15) is 0 Å². The first kappa shape index (κ1) is 12.3. The van der Waals surface area contributed by atoms with Crippen molar-refractivity contribution in [3.05, 3.63) is 0 Å². The molecule has 94 valence electrons. The summed E-state index contributed by atoms with van der Waals surface area (Å²) < 4.78 is 5.58. The molecule has 2 heterocycles. The maximum atomic E-state index is 5.61. The lowest BCUT2D eigenvalue weighted by atomic mass is 10.1. The third kappa shape index (κ3) is 3.42. The zero-order valence-corrected chi connectivity index (χ0v) is 10.2. The summed E-state index contributed by atoms with van der Waals surface area (Å²) in [5.41, 5.74) is 5.61. The first-order valence-corrected chi connectivity index (χ1v) is 6.64. The lowest BCUT2D eigenvalue weighted by Gasteiger charge is -2.33. The molecule has 0 bridgehead atoms. The number of hydrogen-bond donors (Lipinski definition) is 1. The van der Waals surface area contributed by atoms with Crippen molar-refractivity contribution in [3.63, 3.8) is 0 Å². The van der Waals surface area contributed by atoms with Gasteiger partial charge in [0.1, 0.15) is 0 Å². The molecule has 0 aliphatic carbocycles. The molecule has 0 saturated carbocycles. The van der Waals surface area contributed by atoms with Crippen LogP contribution in [0.1, 0.15) is 19.3 Å². The van der Waals surface area contributed by atoms with Gasteiger partial charge in [0.05, 0.1) is 6.61 Å². The van der Waals surface area contributed by atoms with Crippen LogP contribution in [0.15, 0.2) is 0 Å². The second-order valence-electron chi connectivity index (χ2n) is 4.89. The predicted molar refractivity (Wildman–Crippen MR) is 65.5 cm³/mol. The van der Waals surface area contributed by atoms with Crippen molar-refractivity contribution in [1.82, 2.24) is 9.80 Å². The fourth-order valence-electron chi connectivity index (χ4n) is 2.77. The number of ether oxygens (including phenoxy) is 1. The number of nitrogens with two attached hydrogens (primary N) is 1. The molecule has 2 aliphatic rings. The Morgan fingerprint density at radius 2 is 2.06 bits per heavy atom. The van der Waals surface area contributed by atoms with Crippen molar-refractivity contribution in [2.45, 2.75) is 25.3 Å². The molecule has 2 N–H and O–H groups in total. The predicted octanol–water partition coefficient (Wildman–Crippen LogP) is 0.132.